The number of para-hydroxylation sites is 1. The third-order valence-corrected chi connectivity index (χ3v) is 4.42. The molecule has 5 nitrogen and oxygen atoms in total. The normalized spacial score (nSPS) is 10.9. The Kier molecular flexibility index (Phi) is 5.67. The molecular formula is C24H21N3O2. The van der Waals surface area contributed by atoms with Crippen molar-refractivity contribution >= 4 is 22.9 Å². The second-order valence-electron chi connectivity index (χ2n) is 6.44. The standard InChI is InChI=1S/C24H21N3O2/c1-28-23-15-19(11-13-22(23)29-17-18-7-3-2-4-8-18)16-25-27-24-14-12-20-9-5-6-10-21(20)26-24/h2-16H,17H2,1H3,(H,26,27). The van der Waals surface area contributed by atoms with E-state index in [0.717, 1.165) is 22.0 Å². The second kappa shape index (κ2) is 8.89. The molecule has 0 fully saturated rings. The molecule has 0 atom stereocenters. The maximum Gasteiger partial charge on any atom is 0.161 e. The minimum atomic E-state index is 0.486. The molecule has 0 aliphatic carbocycles. The lowest BCUT2D eigenvalue weighted by Crippen LogP contribution is -1.98. The first-order valence-corrected chi connectivity index (χ1v) is 9.31. The minimum Gasteiger partial charge on any atom is -0.493 e. The Bertz CT molecular complexity index is 1130. The van der Waals surface area contributed by atoms with E-state index in [1.807, 2.05) is 84.9 Å². The molecule has 144 valence electrons. The number of ether oxygens (including phenoxy) is 2. The van der Waals surface area contributed by atoms with E-state index in [1.54, 1.807) is 13.3 Å². The predicted octanol–water partition coefficient (Wildman–Crippen LogP) is 5.27. The molecule has 0 aliphatic heterocycles. The quantitative estimate of drug-likeness (QED) is 0.349. The molecule has 0 amide bonds. The number of aromatic nitrogens is 1. The van der Waals surface area contributed by atoms with Crippen LogP contribution < -0.4 is 14.9 Å². The van der Waals surface area contributed by atoms with Crippen molar-refractivity contribution in [2.45, 2.75) is 6.61 Å². The number of pyridine rings is 1. The average Bonchev–Trinajstić information content (AvgIpc) is 2.78. The summed E-state index contributed by atoms with van der Waals surface area (Å²) in [6, 6.07) is 27.6. The molecule has 0 saturated heterocycles. The third-order valence-electron chi connectivity index (χ3n) is 4.42. The van der Waals surface area contributed by atoms with Gasteiger partial charge in [-0.15, -0.1) is 0 Å². The van der Waals surface area contributed by atoms with Crippen LogP contribution in [0.25, 0.3) is 10.9 Å². The molecule has 0 bridgehead atoms. The summed E-state index contributed by atoms with van der Waals surface area (Å²) in [6.07, 6.45) is 1.72. The van der Waals surface area contributed by atoms with Crippen LogP contribution in [-0.4, -0.2) is 18.3 Å². The molecule has 29 heavy (non-hydrogen) atoms. The van der Waals surface area contributed by atoms with Crippen molar-refractivity contribution in [3.05, 3.63) is 96.1 Å². The van der Waals surface area contributed by atoms with Gasteiger partial charge in [-0.3, -0.25) is 5.43 Å². The summed E-state index contributed by atoms with van der Waals surface area (Å²) in [6.45, 7) is 0.486. The first-order chi connectivity index (χ1) is 14.3. The average molecular weight is 383 g/mol. The van der Waals surface area contributed by atoms with Gasteiger partial charge >= 0.3 is 0 Å². The van der Waals surface area contributed by atoms with Crippen LogP contribution in [0.3, 0.4) is 0 Å². The van der Waals surface area contributed by atoms with Gasteiger partial charge in [0.05, 0.1) is 18.8 Å². The fourth-order valence-electron chi connectivity index (χ4n) is 2.92. The van der Waals surface area contributed by atoms with Crippen molar-refractivity contribution in [3.8, 4) is 11.5 Å². The van der Waals surface area contributed by atoms with Crippen molar-refractivity contribution in [2.24, 2.45) is 5.10 Å². The van der Waals surface area contributed by atoms with Crippen molar-refractivity contribution in [3.63, 3.8) is 0 Å². The molecule has 0 unspecified atom stereocenters. The van der Waals surface area contributed by atoms with E-state index >= 15 is 0 Å². The van der Waals surface area contributed by atoms with Gasteiger partial charge in [0.15, 0.2) is 11.5 Å². The van der Waals surface area contributed by atoms with Crippen LogP contribution in [0.1, 0.15) is 11.1 Å². The highest BCUT2D eigenvalue weighted by atomic mass is 16.5. The van der Waals surface area contributed by atoms with Crippen LogP contribution in [-0.2, 0) is 6.61 Å². The molecule has 3 aromatic carbocycles. The summed E-state index contributed by atoms with van der Waals surface area (Å²) in [7, 11) is 1.63. The van der Waals surface area contributed by atoms with E-state index in [0.29, 0.717) is 23.9 Å². The van der Waals surface area contributed by atoms with E-state index in [-0.39, 0.29) is 0 Å². The Morgan fingerprint density at radius 3 is 2.59 bits per heavy atom. The molecule has 4 rings (SSSR count). The van der Waals surface area contributed by atoms with Crippen molar-refractivity contribution in [2.75, 3.05) is 12.5 Å². The Hall–Kier alpha value is -3.86. The monoisotopic (exact) mass is 383 g/mol. The predicted molar refractivity (Wildman–Crippen MR) is 117 cm³/mol. The van der Waals surface area contributed by atoms with E-state index in [1.165, 1.54) is 0 Å². The number of hydrazone groups is 1. The summed E-state index contributed by atoms with van der Waals surface area (Å²) in [5, 5.41) is 5.38. The Morgan fingerprint density at radius 2 is 1.72 bits per heavy atom. The maximum absolute atomic E-state index is 5.89. The van der Waals surface area contributed by atoms with Gasteiger partial charge in [0.25, 0.3) is 0 Å². The summed E-state index contributed by atoms with van der Waals surface area (Å²) >= 11 is 0. The number of nitrogens with zero attached hydrogens (tertiary/aromatic N) is 2. The lowest BCUT2D eigenvalue weighted by Gasteiger charge is -2.11. The molecule has 0 saturated carbocycles. The SMILES string of the molecule is COc1cc(C=NNc2ccc3ccccc3n2)ccc1OCc1ccccc1. The number of hydrogen-bond donors (Lipinski definition) is 1. The van der Waals surface area contributed by atoms with Gasteiger partial charge < -0.3 is 9.47 Å². The molecule has 1 heterocycles. The Morgan fingerprint density at radius 1 is 0.897 bits per heavy atom. The zero-order valence-corrected chi connectivity index (χ0v) is 16.1. The van der Waals surface area contributed by atoms with E-state index in [2.05, 4.69) is 15.5 Å². The van der Waals surface area contributed by atoms with E-state index in [9.17, 15) is 0 Å². The number of benzene rings is 3. The van der Waals surface area contributed by atoms with Gasteiger partial charge in [0, 0.05) is 5.39 Å². The van der Waals surface area contributed by atoms with Crippen LogP contribution in [0.4, 0.5) is 5.82 Å². The van der Waals surface area contributed by atoms with Gasteiger partial charge in [-0.2, -0.15) is 5.10 Å². The first-order valence-electron chi connectivity index (χ1n) is 9.31. The van der Waals surface area contributed by atoms with Crippen molar-refractivity contribution in [1.29, 1.82) is 0 Å². The summed E-state index contributed by atoms with van der Waals surface area (Å²) in [5.74, 6) is 2.04. The van der Waals surface area contributed by atoms with Crippen LogP contribution >= 0.6 is 0 Å². The highest BCUT2D eigenvalue weighted by Crippen LogP contribution is 2.28. The molecule has 0 aliphatic rings. The number of rotatable bonds is 7. The van der Waals surface area contributed by atoms with Gasteiger partial charge in [-0.25, -0.2) is 4.98 Å². The number of hydrogen-bond acceptors (Lipinski definition) is 5. The van der Waals surface area contributed by atoms with Crippen molar-refractivity contribution < 1.29 is 9.47 Å². The lowest BCUT2D eigenvalue weighted by atomic mass is 10.2. The summed E-state index contributed by atoms with van der Waals surface area (Å²) < 4.78 is 11.4. The number of fused-ring (bicyclic) bond motifs is 1. The van der Waals surface area contributed by atoms with Gasteiger partial charge in [-0.05, 0) is 47.5 Å². The molecule has 0 radical (unpaired) electrons. The fourth-order valence-corrected chi connectivity index (χ4v) is 2.92. The van der Waals surface area contributed by atoms with Crippen LogP contribution in [0.2, 0.25) is 0 Å². The molecular weight excluding hydrogens is 362 g/mol. The third kappa shape index (κ3) is 4.71. The van der Waals surface area contributed by atoms with Gasteiger partial charge in [-0.1, -0.05) is 48.5 Å². The molecule has 4 aromatic rings. The largest absolute Gasteiger partial charge is 0.493 e. The van der Waals surface area contributed by atoms with Crippen molar-refractivity contribution in [1.82, 2.24) is 4.98 Å². The highest BCUT2D eigenvalue weighted by molar-refractivity contribution is 5.82. The maximum atomic E-state index is 5.89. The first kappa shape index (κ1) is 18.5. The highest BCUT2D eigenvalue weighted by Gasteiger charge is 2.05. The van der Waals surface area contributed by atoms with Gasteiger partial charge in [0.1, 0.15) is 12.4 Å². The van der Waals surface area contributed by atoms with Crippen LogP contribution in [0.15, 0.2) is 90.0 Å². The number of nitrogens with one attached hydrogen (secondary N) is 1. The van der Waals surface area contributed by atoms with Gasteiger partial charge in [0.2, 0.25) is 0 Å². The minimum absolute atomic E-state index is 0.486. The fraction of sp³-hybridized carbons (Fsp3) is 0.0833. The van der Waals surface area contributed by atoms with Crippen LogP contribution in [0, 0.1) is 0 Å². The Balaban J connectivity index is 1.42. The molecule has 1 aromatic heterocycles. The number of anilines is 1. The molecule has 1 N–H and O–H groups in total. The van der Waals surface area contributed by atoms with E-state index < -0.39 is 0 Å². The molecule has 0 spiro atoms. The zero-order chi connectivity index (χ0) is 19.9. The van der Waals surface area contributed by atoms with Crippen LogP contribution in [0.5, 0.6) is 11.5 Å². The second-order valence-corrected chi connectivity index (χ2v) is 6.44. The number of methoxy groups -OCH3 is 1. The van der Waals surface area contributed by atoms with E-state index in [4.69, 9.17) is 9.47 Å². The smallest absolute Gasteiger partial charge is 0.161 e. The zero-order valence-electron chi connectivity index (χ0n) is 16.1. The summed E-state index contributed by atoms with van der Waals surface area (Å²) in [4.78, 5) is 4.54. The summed E-state index contributed by atoms with van der Waals surface area (Å²) in [5.41, 5.74) is 5.89. The Labute approximate surface area is 169 Å². The topological polar surface area (TPSA) is 55.7 Å². The lowest BCUT2D eigenvalue weighted by molar-refractivity contribution is 0.284. The molecule has 5 heteroatoms.